The zero-order valence-electron chi connectivity index (χ0n) is 18.0. The minimum Gasteiger partial charge on any atom is -0.465 e. The molecule has 4 bridgehead atoms. The Hall–Kier alpha value is -2.33. The van der Waals surface area contributed by atoms with E-state index >= 15 is 0 Å². The van der Waals surface area contributed by atoms with Crippen molar-refractivity contribution in [2.45, 2.75) is 50.2 Å². The molecule has 2 heterocycles. The fourth-order valence-corrected chi connectivity index (χ4v) is 8.18. The number of ether oxygens (including phenoxy) is 2. The molecule has 2 spiro atoms. The van der Waals surface area contributed by atoms with E-state index in [2.05, 4.69) is 53.4 Å². The zero-order chi connectivity index (χ0) is 20.8. The molecule has 0 amide bonds. The zero-order valence-corrected chi connectivity index (χ0v) is 18.0. The predicted molar refractivity (Wildman–Crippen MR) is 118 cm³/mol. The summed E-state index contributed by atoms with van der Waals surface area (Å²) in [6.45, 7) is 2.49. The lowest BCUT2D eigenvalue weighted by Gasteiger charge is -2.55. The van der Waals surface area contributed by atoms with Crippen LogP contribution in [0.3, 0.4) is 0 Å². The molecule has 5 fully saturated rings. The smallest absolute Gasteiger partial charge is 0.325 e. The molecule has 160 valence electrons. The van der Waals surface area contributed by atoms with Crippen molar-refractivity contribution in [3.8, 4) is 0 Å². The minimum absolute atomic E-state index is 0.0668. The van der Waals surface area contributed by atoms with Crippen LogP contribution in [0.2, 0.25) is 0 Å². The molecule has 2 aromatic rings. The van der Waals surface area contributed by atoms with E-state index < -0.39 is 0 Å². The van der Waals surface area contributed by atoms with Crippen LogP contribution in [0, 0.1) is 23.7 Å². The molecule has 4 heteroatoms. The van der Waals surface area contributed by atoms with Crippen molar-refractivity contribution in [2.75, 3.05) is 18.1 Å². The van der Waals surface area contributed by atoms with E-state index in [1.54, 1.807) is 0 Å². The van der Waals surface area contributed by atoms with Crippen molar-refractivity contribution in [1.29, 1.82) is 0 Å². The second-order valence-electron chi connectivity index (χ2n) is 10.3. The lowest BCUT2D eigenvalue weighted by atomic mass is 9.48. The van der Waals surface area contributed by atoms with Gasteiger partial charge in [0, 0.05) is 22.5 Å². The Morgan fingerprint density at radius 2 is 1.48 bits per heavy atom. The molecule has 1 saturated heterocycles. The summed E-state index contributed by atoms with van der Waals surface area (Å²) >= 11 is 0. The van der Waals surface area contributed by atoms with E-state index in [0.717, 1.165) is 23.2 Å². The van der Waals surface area contributed by atoms with Crippen LogP contribution in [0.25, 0.3) is 0 Å². The fraction of sp³-hybridized carbons (Fsp3) is 0.519. The number of carbonyl (C=O) groups is 1. The summed E-state index contributed by atoms with van der Waals surface area (Å²) in [5.74, 6) is 2.93. The van der Waals surface area contributed by atoms with Gasteiger partial charge in [-0.2, -0.15) is 0 Å². The van der Waals surface area contributed by atoms with Crippen LogP contribution in [-0.2, 0) is 19.9 Å². The first-order valence-electron chi connectivity index (χ1n) is 12.0. The topological polar surface area (TPSA) is 42.1 Å². The number of carbonyl (C=O) groups excluding carboxylic acids is 1. The maximum Gasteiger partial charge on any atom is 0.325 e. The Morgan fingerprint density at radius 1 is 0.935 bits per heavy atom. The first-order valence-corrected chi connectivity index (χ1v) is 12.0. The number of epoxide rings is 1. The van der Waals surface area contributed by atoms with Crippen molar-refractivity contribution in [3.63, 3.8) is 0 Å². The SMILES string of the molecule is CCOC(=O)CN1c2ccccc2C2(OC23C2CC4CC(C2)CC3C4)c2ccccc21. The van der Waals surface area contributed by atoms with Crippen LogP contribution in [0.5, 0.6) is 0 Å². The van der Waals surface area contributed by atoms with E-state index in [-0.39, 0.29) is 23.7 Å². The van der Waals surface area contributed by atoms with E-state index in [1.165, 1.54) is 43.2 Å². The van der Waals surface area contributed by atoms with E-state index in [1.807, 2.05) is 6.92 Å². The third-order valence-corrected chi connectivity index (χ3v) is 8.92. The average Bonchev–Trinajstić information content (AvgIpc) is 3.46. The van der Waals surface area contributed by atoms with Gasteiger partial charge >= 0.3 is 5.97 Å². The van der Waals surface area contributed by atoms with Crippen LogP contribution in [-0.4, -0.2) is 24.7 Å². The first kappa shape index (κ1) is 18.3. The Morgan fingerprint density at radius 3 is 2.03 bits per heavy atom. The highest BCUT2D eigenvalue weighted by molar-refractivity contribution is 5.86. The molecule has 0 aromatic heterocycles. The summed E-state index contributed by atoms with van der Waals surface area (Å²) in [6.07, 6.45) is 6.74. The number of fused-ring (bicyclic) bond motifs is 4. The van der Waals surface area contributed by atoms with Gasteiger partial charge in [-0.25, -0.2) is 0 Å². The molecule has 0 unspecified atom stereocenters. The number of anilines is 2. The molecule has 0 atom stereocenters. The molecule has 4 aliphatic carbocycles. The molecule has 4 nitrogen and oxygen atoms in total. The van der Waals surface area contributed by atoms with Crippen molar-refractivity contribution >= 4 is 17.3 Å². The number of rotatable bonds is 3. The van der Waals surface area contributed by atoms with E-state index in [9.17, 15) is 4.79 Å². The van der Waals surface area contributed by atoms with Crippen molar-refractivity contribution in [3.05, 3.63) is 59.7 Å². The van der Waals surface area contributed by atoms with Gasteiger partial charge in [-0.15, -0.1) is 0 Å². The normalized spacial score (nSPS) is 35.2. The second kappa shape index (κ2) is 6.13. The predicted octanol–water partition coefficient (Wildman–Crippen LogP) is 5.17. The van der Waals surface area contributed by atoms with Crippen molar-refractivity contribution in [1.82, 2.24) is 0 Å². The highest BCUT2D eigenvalue weighted by atomic mass is 16.6. The van der Waals surface area contributed by atoms with Gasteiger partial charge in [-0.1, -0.05) is 36.4 Å². The van der Waals surface area contributed by atoms with Gasteiger partial charge in [-0.3, -0.25) is 4.79 Å². The standard InChI is InChI=1S/C27H29NO3/c1-2-30-25(29)16-28-23-9-5-3-7-21(23)27(22-8-4-6-10-24(22)28)26(31-27)19-12-17-11-18(14-19)15-20(26)13-17/h3-10,17-20H,2,11-16H2,1H3. The number of hydrogen-bond acceptors (Lipinski definition) is 4. The lowest BCUT2D eigenvalue weighted by Crippen LogP contribution is -2.54. The Kier molecular flexibility index (Phi) is 3.61. The molecule has 0 N–H and O–H groups in total. The summed E-state index contributed by atoms with van der Waals surface area (Å²) in [6, 6.07) is 17.2. The molecular formula is C27H29NO3. The van der Waals surface area contributed by atoms with E-state index in [4.69, 9.17) is 9.47 Å². The first-order chi connectivity index (χ1) is 15.2. The van der Waals surface area contributed by atoms with Crippen LogP contribution < -0.4 is 4.90 Å². The maximum absolute atomic E-state index is 12.5. The Bertz CT molecular complexity index is 1000. The minimum atomic E-state index is -0.367. The van der Waals surface area contributed by atoms with Crippen LogP contribution in [0.15, 0.2) is 48.5 Å². The lowest BCUT2D eigenvalue weighted by molar-refractivity contribution is -0.141. The Labute approximate surface area is 183 Å². The van der Waals surface area contributed by atoms with Crippen molar-refractivity contribution in [2.24, 2.45) is 23.7 Å². The highest BCUT2D eigenvalue weighted by Gasteiger charge is 2.81. The maximum atomic E-state index is 12.5. The number of hydrogen-bond donors (Lipinski definition) is 0. The van der Waals surface area contributed by atoms with Crippen LogP contribution in [0.1, 0.15) is 50.2 Å². The summed E-state index contributed by atoms with van der Waals surface area (Å²) in [5.41, 5.74) is 4.24. The van der Waals surface area contributed by atoms with Gasteiger partial charge in [0.05, 0.1) is 6.61 Å². The Balaban J connectivity index is 1.40. The van der Waals surface area contributed by atoms with Crippen LogP contribution in [0.4, 0.5) is 11.4 Å². The van der Waals surface area contributed by atoms with Crippen molar-refractivity contribution < 1.29 is 14.3 Å². The fourth-order valence-electron chi connectivity index (χ4n) is 8.18. The van der Waals surface area contributed by atoms with Crippen LogP contribution >= 0.6 is 0 Å². The molecule has 2 aliphatic heterocycles. The molecule has 4 saturated carbocycles. The van der Waals surface area contributed by atoms with Gasteiger partial charge < -0.3 is 14.4 Å². The molecular weight excluding hydrogens is 386 g/mol. The number of benzene rings is 2. The molecule has 0 radical (unpaired) electrons. The van der Waals surface area contributed by atoms with Gasteiger partial charge in [0.2, 0.25) is 0 Å². The monoisotopic (exact) mass is 415 g/mol. The largest absolute Gasteiger partial charge is 0.465 e. The third kappa shape index (κ3) is 2.17. The quantitative estimate of drug-likeness (QED) is 0.512. The van der Waals surface area contributed by atoms with Gasteiger partial charge in [0.1, 0.15) is 12.1 Å². The van der Waals surface area contributed by atoms with Gasteiger partial charge in [0.25, 0.3) is 0 Å². The van der Waals surface area contributed by atoms with Gasteiger partial charge in [-0.05, 0) is 74.8 Å². The molecule has 31 heavy (non-hydrogen) atoms. The number of para-hydroxylation sites is 2. The number of nitrogens with zero attached hydrogens (tertiary/aromatic N) is 1. The average molecular weight is 416 g/mol. The summed E-state index contributed by atoms with van der Waals surface area (Å²) in [4.78, 5) is 14.6. The number of esters is 1. The van der Waals surface area contributed by atoms with E-state index in [0.29, 0.717) is 18.4 Å². The molecule has 2 aromatic carbocycles. The third-order valence-electron chi connectivity index (χ3n) is 8.92. The van der Waals surface area contributed by atoms with Gasteiger partial charge in [0.15, 0.2) is 5.60 Å². The molecule has 8 rings (SSSR count). The summed E-state index contributed by atoms with van der Waals surface area (Å²) in [7, 11) is 0. The second-order valence-corrected chi connectivity index (χ2v) is 10.3. The highest BCUT2D eigenvalue weighted by Crippen LogP contribution is 2.78. The molecule has 6 aliphatic rings. The summed E-state index contributed by atoms with van der Waals surface area (Å²) in [5, 5.41) is 0. The summed E-state index contributed by atoms with van der Waals surface area (Å²) < 4.78 is 12.4.